The molecule has 0 unspecified atom stereocenters. The fourth-order valence-corrected chi connectivity index (χ4v) is 3.51. The number of halogens is 1. The van der Waals surface area contributed by atoms with Crippen molar-refractivity contribution in [1.29, 1.82) is 0 Å². The van der Waals surface area contributed by atoms with Gasteiger partial charge in [0.1, 0.15) is 11.2 Å². The topological polar surface area (TPSA) is 96.1 Å². The molecular weight excluding hydrogens is 380 g/mol. The number of H-pyrrole nitrogens is 1. The number of carbonyl (C=O) groups is 2. The van der Waals surface area contributed by atoms with Gasteiger partial charge in [0.25, 0.3) is 5.91 Å². The maximum atomic E-state index is 13.2. The Morgan fingerprint density at radius 2 is 2.07 bits per heavy atom. The summed E-state index contributed by atoms with van der Waals surface area (Å²) in [6, 6.07) is 6.89. The van der Waals surface area contributed by atoms with Crippen LogP contribution in [0.15, 0.2) is 36.7 Å². The molecule has 3 aromatic rings. The van der Waals surface area contributed by atoms with Gasteiger partial charge in [0.15, 0.2) is 5.78 Å². The van der Waals surface area contributed by atoms with E-state index in [4.69, 9.17) is 16.3 Å². The summed E-state index contributed by atoms with van der Waals surface area (Å²) in [5.41, 5.74) is 1.54. The summed E-state index contributed by atoms with van der Waals surface area (Å²) in [6.07, 6.45) is 3.17. The summed E-state index contributed by atoms with van der Waals surface area (Å²) in [7, 11) is 0. The number of ether oxygens (including phenoxy) is 1. The minimum absolute atomic E-state index is 0.191. The second-order valence-corrected chi connectivity index (χ2v) is 7.24. The van der Waals surface area contributed by atoms with Crippen molar-refractivity contribution in [2.45, 2.75) is 19.4 Å². The average Bonchev–Trinajstić information content (AvgIpc) is 3.12. The Kier molecular flexibility index (Phi) is 4.56. The van der Waals surface area contributed by atoms with E-state index in [1.807, 2.05) is 6.92 Å². The van der Waals surface area contributed by atoms with Crippen LogP contribution in [0.1, 0.15) is 29.8 Å². The number of ketones is 1. The molecule has 0 aliphatic carbocycles. The first kappa shape index (κ1) is 18.5. The number of aromatic amines is 1. The number of benzene rings is 1. The zero-order valence-electron chi connectivity index (χ0n) is 15.4. The highest BCUT2D eigenvalue weighted by molar-refractivity contribution is 6.35. The number of anilines is 2. The van der Waals surface area contributed by atoms with E-state index in [-0.39, 0.29) is 18.3 Å². The monoisotopic (exact) mass is 398 g/mol. The third kappa shape index (κ3) is 2.93. The number of hydrogen-bond acceptors (Lipinski definition) is 5. The summed E-state index contributed by atoms with van der Waals surface area (Å²) in [4.78, 5) is 33.1. The van der Waals surface area contributed by atoms with Gasteiger partial charge in [0.05, 0.1) is 40.2 Å². The summed E-state index contributed by atoms with van der Waals surface area (Å²) < 4.78 is 5.49. The zero-order chi connectivity index (χ0) is 19.9. The Labute approximate surface area is 166 Å². The van der Waals surface area contributed by atoms with Crippen molar-refractivity contribution < 1.29 is 14.3 Å². The van der Waals surface area contributed by atoms with Gasteiger partial charge in [-0.1, -0.05) is 23.7 Å². The Bertz CT molecular complexity index is 1090. The van der Waals surface area contributed by atoms with E-state index >= 15 is 0 Å². The molecule has 2 aromatic heterocycles. The van der Waals surface area contributed by atoms with Crippen LogP contribution in [0.4, 0.5) is 11.4 Å². The van der Waals surface area contributed by atoms with Crippen LogP contribution < -0.4 is 10.6 Å². The number of nitrogens with one attached hydrogen (secondary N) is 3. The van der Waals surface area contributed by atoms with Crippen LogP contribution in [-0.4, -0.2) is 40.4 Å². The first-order valence-electron chi connectivity index (χ1n) is 8.91. The molecule has 8 heteroatoms. The summed E-state index contributed by atoms with van der Waals surface area (Å²) in [5, 5.41) is 7.11. The predicted molar refractivity (Wildman–Crippen MR) is 108 cm³/mol. The fourth-order valence-electron chi connectivity index (χ4n) is 3.29. The highest BCUT2D eigenvalue weighted by Crippen LogP contribution is 2.38. The predicted octanol–water partition coefficient (Wildman–Crippen LogP) is 3.61. The van der Waals surface area contributed by atoms with Crippen molar-refractivity contribution >= 4 is 45.7 Å². The highest BCUT2D eigenvalue weighted by Gasteiger charge is 2.39. The summed E-state index contributed by atoms with van der Waals surface area (Å²) >= 11 is 6.22. The van der Waals surface area contributed by atoms with Crippen molar-refractivity contribution in [2.24, 2.45) is 0 Å². The number of nitrogens with zero attached hydrogens (tertiary/aromatic N) is 1. The Balaban J connectivity index is 1.85. The smallest absolute Gasteiger partial charge is 0.252 e. The van der Waals surface area contributed by atoms with E-state index in [1.165, 1.54) is 0 Å². The van der Waals surface area contributed by atoms with Crippen molar-refractivity contribution in [3.63, 3.8) is 0 Å². The number of aromatic nitrogens is 2. The lowest BCUT2D eigenvalue weighted by Crippen LogP contribution is -2.53. The van der Waals surface area contributed by atoms with Gasteiger partial charge in [0, 0.05) is 18.4 Å². The van der Waals surface area contributed by atoms with E-state index < -0.39 is 5.54 Å². The summed E-state index contributed by atoms with van der Waals surface area (Å²) in [6.45, 7) is 4.31. The van der Waals surface area contributed by atoms with Gasteiger partial charge in [0.2, 0.25) is 0 Å². The van der Waals surface area contributed by atoms with E-state index in [9.17, 15) is 9.59 Å². The molecule has 0 radical (unpaired) electrons. The number of fused-ring (bicyclic) bond motifs is 3. The second kappa shape index (κ2) is 6.92. The minimum atomic E-state index is -0.973. The molecule has 3 N–H and O–H groups in total. The molecule has 0 spiro atoms. The van der Waals surface area contributed by atoms with Gasteiger partial charge >= 0.3 is 0 Å². The van der Waals surface area contributed by atoms with Gasteiger partial charge in [-0.2, -0.15) is 0 Å². The molecule has 28 heavy (non-hydrogen) atoms. The second-order valence-electron chi connectivity index (χ2n) is 6.83. The first-order chi connectivity index (χ1) is 13.4. The maximum absolute atomic E-state index is 13.2. The molecule has 1 aliphatic rings. The molecule has 1 aromatic carbocycles. The number of amides is 1. The number of rotatable bonds is 5. The average molecular weight is 399 g/mol. The third-order valence-corrected chi connectivity index (χ3v) is 5.14. The Hall–Kier alpha value is -2.90. The van der Waals surface area contributed by atoms with E-state index in [1.54, 1.807) is 43.6 Å². The molecule has 1 amide bonds. The molecule has 4 rings (SSSR count). The van der Waals surface area contributed by atoms with Crippen LogP contribution in [0, 0.1) is 0 Å². The SMILES string of the molecule is CCOC[C@]1(C)Nc2c(cnc3[nH]cc(C(=O)c4ccccc4Cl)c23)NC1=O. The van der Waals surface area contributed by atoms with Crippen molar-refractivity contribution in [2.75, 3.05) is 23.8 Å². The third-order valence-electron chi connectivity index (χ3n) is 4.81. The maximum Gasteiger partial charge on any atom is 0.252 e. The molecule has 0 bridgehead atoms. The van der Waals surface area contributed by atoms with Gasteiger partial charge in [-0.05, 0) is 26.0 Å². The van der Waals surface area contributed by atoms with Crippen molar-refractivity contribution in [1.82, 2.24) is 9.97 Å². The molecule has 144 valence electrons. The van der Waals surface area contributed by atoms with Gasteiger partial charge in [-0.25, -0.2) is 4.98 Å². The standard InChI is InChI=1S/C20H19ClN4O3/c1-3-28-10-20(2)19(27)24-14-9-23-18-15(16(14)25-20)12(8-22-18)17(26)11-6-4-5-7-13(11)21/h4-9,25H,3,10H2,1-2H3,(H,22,23)(H,24,27)/t20-/m0/s1. The molecule has 1 aliphatic heterocycles. The lowest BCUT2D eigenvalue weighted by atomic mass is 9.96. The zero-order valence-corrected chi connectivity index (χ0v) is 16.2. The van der Waals surface area contributed by atoms with Gasteiger partial charge < -0.3 is 20.4 Å². The van der Waals surface area contributed by atoms with Gasteiger partial charge in [-0.15, -0.1) is 0 Å². The van der Waals surface area contributed by atoms with Crippen LogP contribution in [0.5, 0.6) is 0 Å². The minimum Gasteiger partial charge on any atom is -0.379 e. The molecular formula is C20H19ClN4O3. The van der Waals surface area contributed by atoms with Crippen molar-refractivity contribution in [3.05, 3.63) is 52.8 Å². The number of carbonyl (C=O) groups excluding carboxylic acids is 2. The highest BCUT2D eigenvalue weighted by atomic mass is 35.5. The Morgan fingerprint density at radius 3 is 2.82 bits per heavy atom. The molecule has 0 fully saturated rings. The van der Waals surface area contributed by atoms with E-state index in [0.717, 1.165) is 0 Å². The Morgan fingerprint density at radius 1 is 1.29 bits per heavy atom. The largest absolute Gasteiger partial charge is 0.379 e. The number of pyridine rings is 1. The number of hydrogen-bond donors (Lipinski definition) is 3. The van der Waals surface area contributed by atoms with Crippen LogP contribution >= 0.6 is 11.6 Å². The fraction of sp³-hybridized carbons (Fsp3) is 0.250. The normalized spacial score (nSPS) is 18.5. The van der Waals surface area contributed by atoms with Crippen LogP contribution in [0.25, 0.3) is 11.0 Å². The molecule has 3 heterocycles. The lowest BCUT2D eigenvalue weighted by Gasteiger charge is -2.35. The van der Waals surface area contributed by atoms with Crippen molar-refractivity contribution in [3.8, 4) is 0 Å². The van der Waals surface area contributed by atoms with E-state index in [0.29, 0.717) is 45.2 Å². The molecule has 1 atom stereocenters. The molecule has 0 saturated carbocycles. The van der Waals surface area contributed by atoms with E-state index in [2.05, 4.69) is 20.6 Å². The molecule has 7 nitrogen and oxygen atoms in total. The van der Waals surface area contributed by atoms with Crippen LogP contribution in [0.2, 0.25) is 5.02 Å². The lowest BCUT2D eigenvalue weighted by molar-refractivity contribution is -0.122. The van der Waals surface area contributed by atoms with Gasteiger partial charge in [-0.3, -0.25) is 9.59 Å². The molecule has 0 saturated heterocycles. The van der Waals surface area contributed by atoms with Crippen LogP contribution in [-0.2, 0) is 9.53 Å². The quantitative estimate of drug-likeness (QED) is 0.570. The van der Waals surface area contributed by atoms with Crippen LogP contribution in [0.3, 0.4) is 0 Å². The summed E-state index contributed by atoms with van der Waals surface area (Å²) in [5.74, 6) is -0.443. The first-order valence-corrected chi connectivity index (χ1v) is 9.29.